The molecule has 0 aliphatic heterocycles. The van der Waals surface area contributed by atoms with Crippen LogP contribution in [0.4, 0.5) is 0 Å². The first-order valence-corrected chi connectivity index (χ1v) is 13.6. The van der Waals surface area contributed by atoms with Gasteiger partial charge in [-0.2, -0.15) is 0 Å². The molecule has 0 saturated carbocycles. The Morgan fingerprint density at radius 3 is 1.44 bits per heavy atom. The van der Waals surface area contributed by atoms with Gasteiger partial charge in [-0.15, -0.1) is 22.7 Å². The van der Waals surface area contributed by atoms with Crippen molar-refractivity contribution in [2.75, 3.05) is 0 Å². The van der Waals surface area contributed by atoms with E-state index in [1.807, 2.05) is 84.0 Å². The molecule has 0 amide bonds. The summed E-state index contributed by atoms with van der Waals surface area (Å²) in [5.41, 5.74) is 3.51. The Kier molecular flexibility index (Phi) is 15.1. The molecular weight excluding hydrogens is 452 g/mol. The first-order chi connectivity index (χ1) is 16.7. The van der Waals surface area contributed by atoms with Crippen LogP contribution in [-0.4, -0.2) is 9.97 Å². The van der Waals surface area contributed by atoms with E-state index in [9.17, 15) is 0 Å². The minimum atomic E-state index is 1.11. The van der Waals surface area contributed by atoms with E-state index in [2.05, 4.69) is 65.4 Å². The van der Waals surface area contributed by atoms with Crippen LogP contribution in [-0.2, 0) is 0 Å². The fourth-order valence-corrected chi connectivity index (χ4v) is 4.45. The van der Waals surface area contributed by atoms with Gasteiger partial charge in [0, 0.05) is 0 Å². The van der Waals surface area contributed by atoms with Crippen LogP contribution in [0.2, 0.25) is 0 Å². The van der Waals surface area contributed by atoms with E-state index in [0.29, 0.717) is 0 Å². The smallest absolute Gasteiger partial charge is 0.0907 e. The fourth-order valence-electron chi connectivity index (χ4n) is 2.79. The minimum Gasteiger partial charge on any atom is -0.242 e. The molecular formula is C30H38N2S2. The van der Waals surface area contributed by atoms with Crippen LogP contribution in [0.3, 0.4) is 0 Å². The molecule has 180 valence electrons. The molecule has 3 aromatic carbocycles. The number of allylic oxidation sites excluding steroid dienone is 1. The second-order valence-electron chi connectivity index (χ2n) is 6.62. The molecule has 2 aromatic heterocycles. The summed E-state index contributed by atoms with van der Waals surface area (Å²) < 4.78 is 2.56. The number of rotatable bonds is 2. The van der Waals surface area contributed by atoms with Gasteiger partial charge in [0.1, 0.15) is 0 Å². The maximum absolute atomic E-state index is 4.33. The number of aromatic nitrogens is 2. The zero-order valence-corrected chi connectivity index (χ0v) is 23.2. The molecule has 34 heavy (non-hydrogen) atoms. The summed E-state index contributed by atoms with van der Waals surface area (Å²) in [5.74, 6) is 0. The average Bonchev–Trinajstić information content (AvgIpc) is 3.47. The number of para-hydroxylation sites is 2. The predicted molar refractivity (Wildman–Crippen MR) is 157 cm³/mol. The summed E-state index contributed by atoms with van der Waals surface area (Å²) in [7, 11) is 0. The van der Waals surface area contributed by atoms with Crippen molar-refractivity contribution < 1.29 is 0 Å². The molecule has 4 heteroatoms. The summed E-state index contributed by atoms with van der Waals surface area (Å²) in [5, 5.41) is 2.28. The van der Waals surface area contributed by atoms with E-state index in [4.69, 9.17) is 0 Å². The van der Waals surface area contributed by atoms with Gasteiger partial charge in [0.25, 0.3) is 0 Å². The van der Waals surface area contributed by atoms with Gasteiger partial charge in [-0.25, -0.2) is 9.97 Å². The van der Waals surface area contributed by atoms with Crippen LogP contribution in [0.25, 0.3) is 26.5 Å². The minimum absolute atomic E-state index is 1.11. The Hall–Kier alpha value is -2.82. The molecule has 0 saturated heterocycles. The molecule has 2 heterocycles. The molecule has 0 fully saturated rings. The lowest BCUT2D eigenvalue weighted by molar-refractivity contribution is 1.23. The van der Waals surface area contributed by atoms with Crippen LogP contribution in [0, 0.1) is 13.8 Å². The number of nitrogens with zero attached hydrogens (tertiary/aromatic N) is 2. The van der Waals surface area contributed by atoms with Gasteiger partial charge in [-0.1, -0.05) is 101 Å². The monoisotopic (exact) mass is 490 g/mol. The van der Waals surface area contributed by atoms with E-state index in [1.165, 1.54) is 15.0 Å². The highest BCUT2D eigenvalue weighted by Crippen LogP contribution is 2.20. The molecule has 0 aliphatic rings. The van der Waals surface area contributed by atoms with Crippen LogP contribution >= 0.6 is 22.7 Å². The lowest BCUT2D eigenvalue weighted by Gasteiger charge is -1.88. The number of fused-ring (bicyclic) bond motifs is 2. The van der Waals surface area contributed by atoms with Crippen molar-refractivity contribution in [1.82, 2.24) is 9.97 Å². The number of thiazole rings is 2. The van der Waals surface area contributed by atoms with Gasteiger partial charge in [0.05, 0.1) is 30.4 Å². The van der Waals surface area contributed by atoms with Crippen molar-refractivity contribution in [3.8, 4) is 0 Å². The number of hydrogen-bond donors (Lipinski definition) is 0. The van der Waals surface area contributed by atoms with Crippen molar-refractivity contribution in [2.45, 2.75) is 54.9 Å². The highest BCUT2D eigenvalue weighted by molar-refractivity contribution is 7.18. The zero-order chi connectivity index (χ0) is 25.2. The van der Waals surface area contributed by atoms with Crippen LogP contribution in [0.15, 0.2) is 84.9 Å². The Morgan fingerprint density at radius 1 is 0.618 bits per heavy atom. The number of hydrogen-bond acceptors (Lipinski definition) is 4. The Morgan fingerprint density at radius 2 is 1.03 bits per heavy atom. The normalized spacial score (nSPS) is 9.62. The molecule has 0 atom stereocenters. The largest absolute Gasteiger partial charge is 0.242 e. The zero-order valence-electron chi connectivity index (χ0n) is 21.6. The second-order valence-corrected chi connectivity index (χ2v) is 9.09. The van der Waals surface area contributed by atoms with E-state index >= 15 is 0 Å². The van der Waals surface area contributed by atoms with Gasteiger partial charge < -0.3 is 0 Å². The SMILES string of the molecule is CC.CC.CC/C=C/c1ccccc1.Cc1nc2ccccc2s1.Cc1nc2ccccc2s1. The van der Waals surface area contributed by atoms with Crippen LogP contribution < -0.4 is 0 Å². The van der Waals surface area contributed by atoms with Crippen molar-refractivity contribution in [3.05, 3.63) is 101 Å². The highest BCUT2D eigenvalue weighted by Gasteiger charge is 1.96. The van der Waals surface area contributed by atoms with E-state index in [1.54, 1.807) is 22.7 Å². The molecule has 0 N–H and O–H groups in total. The molecule has 2 nitrogen and oxygen atoms in total. The Bertz CT molecular complexity index is 1070. The highest BCUT2D eigenvalue weighted by atomic mass is 32.1. The van der Waals surface area contributed by atoms with Gasteiger partial charge in [0.2, 0.25) is 0 Å². The van der Waals surface area contributed by atoms with Gasteiger partial charge >= 0.3 is 0 Å². The lowest BCUT2D eigenvalue weighted by atomic mass is 10.2. The molecule has 0 radical (unpaired) electrons. The topological polar surface area (TPSA) is 25.8 Å². The van der Waals surface area contributed by atoms with Crippen molar-refractivity contribution in [3.63, 3.8) is 0 Å². The lowest BCUT2D eigenvalue weighted by Crippen LogP contribution is -1.66. The van der Waals surface area contributed by atoms with Crippen LogP contribution in [0.5, 0.6) is 0 Å². The molecule has 0 bridgehead atoms. The summed E-state index contributed by atoms with van der Waals surface area (Å²) >= 11 is 3.48. The number of benzene rings is 3. The summed E-state index contributed by atoms with van der Waals surface area (Å²) in [6, 6.07) is 26.7. The Balaban J connectivity index is 0.000000237. The average molecular weight is 491 g/mol. The summed E-state index contributed by atoms with van der Waals surface area (Å²) in [4.78, 5) is 8.66. The first kappa shape index (κ1) is 29.2. The van der Waals surface area contributed by atoms with Gasteiger partial charge in [0.15, 0.2) is 0 Å². The van der Waals surface area contributed by atoms with Crippen molar-refractivity contribution in [2.24, 2.45) is 0 Å². The maximum Gasteiger partial charge on any atom is 0.0907 e. The third kappa shape index (κ3) is 10.4. The number of aryl methyl sites for hydroxylation is 2. The predicted octanol–water partition coefficient (Wildman–Crippen LogP) is 10.4. The molecule has 5 aromatic rings. The summed E-state index contributed by atoms with van der Waals surface area (Å²) in [6.07, 6.45) is 5.41. The maximum atomic E-state index is 4.33. The standard InChI is InChI=1S/C10H12.2C8H7NS.2C2H6/c1-2-3-7-10-8-5-4-6-9-10;2*1-6-9-7-4-2-3-5-8(7)10-6;2*1-2/h3-9H,2H2,1H3;2*2-5H,1H3;2*1-2H3/b7-3+;;;;. The van der Waals surface area contributed by atoms with E-state index < -0.39 is 0 Å². The van der Waals surface area contributed by atoms with E-state index in [0.717, 1.165) is 27.5 Å². The Labute approximate surface area is 214 Å². The molecule has 0 unspecified atom stereocenters. The van der Waals surface area contributed by atoms with Gasteiger partial charge in [-0.05, 0) is 50.1 Å². The summed E-state index contributed by atoms with van der Waals surface area (Å²) in [6.45, 7) is 14.2. The quantitative estimate of drug-likeness (QED) is 0.246. The second kappa shape index (κ2) is 17.6. The molecule has 5 rings (SSSR count). The third-order valence-electron chi connectivity index (χ3n) is 4.15. The first-order valence-electron chi connectivity index (χ1n) is 12.0. The van der Waals surface area contributed by atoms with Crippen molar-refractivity contribution in [1.29, 1.82) is 0 Å². The van der Waals surface area contributed by atoms with Gasteiger partial charge in [-0.3, -0.25) is 0 Å². The fraction of sp³-hybridized carbons (Fsp3) is 0.267. The van der Waals surface area contributed by atoms with E-state index in [-0.39, 0.29) is 0 Å². The molecule has 0 spiro atoms. The third-order valence-corrected chi connectivity index (χ3v) is 6.05. The van der Waals surface area contributed by atoms with Crippen molar-refractivity contribution >= 4 is 49.2 Å². The molecule has 0 aliphatic carbocycles. The van der Waals surface area contributed by atoms with Crippen LogP contribution in [0.1, 0.15) is 56.6 Å².